The Hall–Kier alpha value is -1.95. The van der Waals surface area contributed by atoms with E-state index in [0.717, 1.165) is 11.3 Å². The lowest BCUT2D eigenvalue weighted by Crippen LogP contribution is -2.34. The molecule has 0 spiro atoms. The number of rotatable bonds is 1. The van der Waals surface area contributed by atoms with E-state index in [1.54, 1.807) is 0 Å². The van der Waals surface area contributed by atoms with Crippen molar-refractivity contribution in [2.24, 2.45) is 5.10 Å². The highest BCUT2D eigenvalue weighted by atomic mass is 32.2. The van der Waals surface area contributed by atoms with Gasteiger partial charge < -0.3 is 0 Å². The highest BCUT2D eigenvalue weighted by molar-refractivity contribution is 7.99. The van der Waals surface area contributed by atoms with Gasteiger partial charge >= 0.3 is 0 Å². The topological polar surface area (TPSA) is 60.1 Å². The van der Waals surface area contributed by atoms with Gasteiger partial charge in [0.05, 0.1) is 5.71 Å². The van der Waals surface area contributed by atoms with Crippen LogP contribution in [-0.4, -0.2) is 26.3 Å². The number of fused-ring (bicyclic) bond motifs is 1. The van der Waals surface area contributed by atoms with E-state index in [-0.39, 0.29) is 11.0 Å². The van der Waals surface area contributed by atoms with Crippen LogP contribution in [0.1, 0.15) is 32.0 Å². The summed E-state index contributed by atoms with van der Waals surface area (Å²) in [4.78, 5) is 12.6. The van der Waals surface area contributed by atoms with Crippen LogP contribution in [-0.2, 0) is 5.41 Å². The molecule has 2 heterocycles. The van der Waals surface area contributed by atoms with Gasteiger partial charge in [-0.2, -0.15) is 9.78 Å². The maximum Gasteiger partial charge on any atom is 0.297 e. The average Bonchev–Trinajstić information content (AvgIpc) is 2.47. The summed E-state index contributed by atoms with van der Waals surface area (Å²) in [5, 5.41) is 13.3. The molecular weight excluding hydrogens is 284 g/mol. The molecule has 0 fully saturated rings. The van der Waals surface area contributed by atoms with Gasteiger partial charge in [0.1, 0.15) is 5.69 Å². The van der Waals surface area contributed by atoms with Crippen molar-refractivity contribution in [2.75, 3.05) is 5.75 Å². The van der Waals surface area contributed by atoms with Crippen molar-refractivity contribution in [3.05, 3.63) is 51.9 Å². The Morgan fingerprint density at radius 3 is 2.52 bits per heavy atom. The fraction of sp³-hybridized carbons (Fsp3) is 0.333. The van der Waals surface area contributed by atoms with E-state index in [2.05, 4.69) is 15.3 Å². The van der Waals surface area contributed by atoms with Gasteiger partial charge in [-0.1, -0.05) is 62.9 Å². The van der Waals surface area contributed by atoms with E-state index in [1.807, 2.05) is 51.1 Å². The van der Waals surface area contributed by atoms with Gasteiger partial charge in [0.25, 0.3) is 5.56 Å². The minimum absolute atomic E-state index is 0.187. The zero-order chi connectivity index (χ0) is 15.0. The van der Waals surface area contributed by atoms with Gasteiger partial charge in [-0.15, -0.1) is 10.2 Å². The van der Waals surface area contributed by atoms with Crippen LogP contribution in [0.25, 0.3) is 0 Å². The number of hydrogen-bond donors (Lipinski definition) is 0. The van der Waals surface area contributed by atoms with Crippen molar-refractivity contribution >= 4 is 17.5 Å². The van der Waals surface area contributed by atoms with Crippen molar-refractivity contribution in [1.82, 2.24) is 14.9 Å². The molecule has 2 aromatic rings. The SMILES string of the molecule is CC(C)(C)c1nnc2n(c1=O)N=C(c1ccccc1)CS2. The Balaban J connectivity index is 2.14. The van der Waals surface area contributed by atoms with Gasteiger partial charge in [0.15, 0.2) is 0 Å². The summed E-state index contributed by atoms with van der Waals surface area (Å²) >= 11 is 1.48. The summed E-state index contributed by atoms with van der Waals surface area (Å²) < 4.78 is 1.38. The highest BCUT2D eigenvalue weighted by Gasteiger charge is 2.25. The third-order valence-corrected chi connectivity index (χ3v) is 4.12. The second-order valence-electron chi connectivity index (χ2n) is 5.90. The smallest absolute Gasteiger partial charge is 0.265 e. The Labute approximate surface area is 127 Å². The Morgan fingerprint density at radius 1 is 1.14 bits per heavy atom. The first-order valence-electron chi connectivity index (χ1n) is 6.73. The average molecular weight is 300 g/mol. The molecule has 0 saturated heterocycles. The van der Waals surface area contributed by atoms with Crippen molar-refractivity contribution < 1.29 is 0 Å². The number of hydrogen-bond acceptors (Lipinski definition) is 5. The number of benzene rings is 1. The van der Waals surface area contributed by atoms with Gasteiger partial charge in [-0.05, 0) is 5.56 Å². The Bertz CT molecular complexity index is 759. The molecule has 0 N–H and O–H groups in total. The standard InChI is InChI=1S/C15H16N4OS/c1-15(2,3)12-13(20)19-14(17-16-12)21-9-11(18-19)10-7-5-4-6-8-10/h4-8H,9H2,1-3H3. The minimum atomic E-state index is -0.351. The highest BCUT2D eigenvalue weighted by Crippen LogP contribution is 2.23. The molecule has 0 unspecified atom stereocenters. The number of nitrogens with zero attached hydrogens (tertiary/aromatic N) is 4. The molecule has 0 radical (unpaired) electrons. The molecule has 1 aromatic carbocycles. The zero-order valence-electron chi connectivity index (χ0n) is 12.2. The van der Waals surface area contributed by atoms with E-state index in [1.165, 1.54) is 16.4 Å². The molecule has 5 nitrogen and oxygen atoms in total. The Morgan fingerprint density at radius 2 is 1.86 bits per heavy atom. The van der Waals surface area contributed by atoms with Crippen LogP contribution < -0.4 is 5.56 Å². The fourth-order valence-corrected chi connectivity index (χ4v) is 2.90. The summed E-state index contributed by atoms with van der Waals surface area (Å²) in [5.74, 6) is 0.687. The van der Waals surface area contributed by atoms with Crippen LogP contribution in [0.5, 0.6) is 0 Å². The van der Waals surface area contributed by atoms with Gasteiger partial charge in [0, 0.05) is 11.2 Å². The first kappa shape index (κ1) is 14.0. The van der Waals surface area contributed by atoms with Crippen molar-refractivity contribution in [1.29, 1.82) is 0 Å². The van der Waals surface area contributed by atoms with E-state index in [4.69, 9.17) is 0 Å². The number of thioether (sulfide) groups is 1. The monoisotopic (exact) mass is 300 g/mol. The third kappa shape index (κ3) is 2.63. The molecule has 3 rings (SSSR count). The fourth-order valence-electron chi connectivity index (χ4n) is 2.07. The second-order valence-corrected chi connectivity index (χ2v) is 6.84. The van der Waals surface area contributed by atoms with Crippen LogP contribution >= 0.6 is 11.8 Å². The first-order valence-corrected chi connectivity index (χ1v) is 7.71. The summed E-state index contributed by atoms with van der Waals surface area (Å²) in [6.07, 6.45) is 0. The van der Waals surface area contributed by atoms with E-state index >= 15 is 0 Å². The minimum Gasteiger partial charge on any atom is -0.265 e. The molecule has 1 aromatic heterocycles. The number of aromatic nitrogens is 3. The van der Waals surface area contributed by atoms with Crippen molar-refractivity contribution in [3.63, 3.8) is 0 Å². The molecule has 0 atom stereocenters. The van der Waals surface area contributed by atoms with Crippen LogP contribution in [0.15, 0.2) is 45.4 Å². The van der Waals surface area contributed by atoms with Crippen molar-refractivity contribution in [2.45, 2.75) is 31.3 Å². The molecule has 0 amide bonds. The summed E-state index contributed by atoms with van der Waals surface area (Å²) in [6, 6.07) is 9.88. The first-order chi connectivity index (χ1) is 9.97. The van der Waals surface area contributed by atoms with E-state index < -0.39 is 0 Å². The molecule has 0 saturated carbocycles. The predicted molar refractivity (Wildman–Crippen MR) is 84.1 cm³/mol. The summed E-state index contributed by atoms with van der Waals surface area (Å²) in [6.45, 7) is 5.84. The lowest BCUT2D eigenvalue weighted by Gasteiger charge is -2.20. The Kier molecular flexibility index (Phi) is 3.41. The van der Waals surface area contributed by atoms with Gasteiger partial charge in [0.2, 0.25) is 5.16 Å². The summed E-state index contributed by atoms with van der Waals surface area (Å²) in [7, 11) is 0. The molecule has 6 heteroatoms. The van der Waals surface area contributed by atoms with E-state index in [0.29, 0.717) is 16.6 Å². The van der Waals surface area contributed by atoms with Gasteiger partial charge in [-0.25, -0.2) is 0 Å². The largest absolute Gasteiger partial charge is 0.297 e. The summed E-state index contributed by atoms with van der Waals surface area (Å²) in [5.41, 5.74) is 1.80. The molecule has 108 valence electrons. The molecule has 0 aliphatic carbocycles. The zero-order valence-corrected chi connectivity index (χ0v) is 13.0. The second kappa shape index (κ2) is 5.11. The molecule has 21 heavy (non-hydrogen) atoms. The maximum atomic E-state index is 12.6. The molecule has 1 aliphatic rings. The van der Waals surface area contributed by atoms with Crippen LogP contribution in [0.4, 0.5) is 0 Å². The van der Waals surface area contributed by atoms with Crippen LogP contribution in [0.2, 0.25) is 0 Å². The van der Waals surface area contributed by atoms with E-state index in [9.17, 15) is 4.79 Å². The molecule has 1 aliphatic heterocycles. The maximum absolute atomic E-state index is 12.6. The lowest BCUT2D eigenvalue weighted by atomic mass is 9.93. The van der Waals surface area contributed by atoms with Gasteiger partial charge in [-0.3, -0.25) is 4.79 Å². The van der Waals surface area contributed by atoms with Crippen LogP contribution in [0, 0.1) is 0 Å². The van der Waals surface area contributed by atoms with Crippen molar-refractivity contribution in [3.8, 4) is 0 Å². The predicted octanol–water partition coefficient (Wildman–Crippen LogP) is 2.29. The molecule has 0 bridgehead atoms. The third-order valence-electron chi connectivity index (χ3n) is 3.19. The lowest BCUT2D eigenvalue weighted by molar-refractivity contribution is 0.508. The van der Waals surface area contributed by atoms with Crippen LogP contribution in [0.3, 0.4) is 0 Å². The molecular formula is C15H16N4OS. The normalized spacial score (nSPS) is 14.5. The quantitative estimate of drug-likeness (QED) is 0.811.